The van der Waals surface area contributed by atoms with Crippen LogP contribution in [0.25, 0.3) is 0 Å². The maximum atomic E-state index is 12.0. The largest absolute Gasteiger partial charge is 0.388 e. The molecule has 5 nitrogen and oxygen atoms in total. The monoisotopic (exact) mass is 266 g/mol. The zero-order valence-corrected chi connectivity index (χ0v) is 11.1. The van der Waals surface area contributed by atoms with Crippen molar-refractivity contribution < 1.29 is 4.79 Å². The van der Waals surface area contributed by atoms with Crippen LogP contribution in [0, 0.1) is 11.3 Å². The number of carbonyl (C=O) groups excluding carboxylic acids is 1. The summed E-state index contributed by atoms with van der Waals surface area (Å²) in [5.41, 5.74) is 2.64. The Morgan fingerprint density at radius 2 is 2.20 bits per heavy atom. The van der Waals surface area contributed by atoms with E-state index in [1.165, 1.54) is 0 Å². The van der Waals surface area contributed by atoms with Gasteiger partial charge < -0.3 is 10.6 Å². The third-order valence-corrected chi connectivity index (χ3v) is 2.79. The first-order chi connectivity index (χ1) is 9.72. The van der Waals surface area contributed by atoms with Crippen LogP contribution < -0.4 is 10.6 Å². The zero-order chi connectivity index (χ0) is 14.4. The highest BCUT2D eigenvalue weighted by atomic mass is 16.1. The van der Waals surface area contributed by atoms with E-state index in [1.54, 1.807) is 43.6 Å². The first kappa shape index (κ1) is 13.6. The number of amides is 1. The number of pyridine rings is 1. The van der Waals surface area contributed by atoms with Crippen LogP contribution in [0.3, 0.4) is 0 Å². The van der Waals surface area contributed by atoms with Crippen molar-refractivity contribution in [1.29, 1.82) is 5.26 Å². The minimum Gasteiger partial charge on any atom is -0.388 e. The van der Waals surface area contributed by atoms with Crippen LogP contribution in [0.2, 0.25) is 0 Å². The van der Waals surface area contributed by atoms with Crippen molar-refractivity contribution in [3.63, 3.8) is 0 Å². The molecule has 20 heavy (non-hydrogen) atoms. The van der Waals surface area contributed by atoms with E-state index in [1.807, 2.05) is 6.07 Å². The number of hydrogen-bond acceptors (Lipinski definition) is 4. The van der Waals surface area contributed by atoms with Gasteiger partial charge in [0.15, 0.2) is 0 Å². The van der Waals surface area contributed by atoms with Gasteiger partial charge in [-0.3, -0.25) is 9.78 Å². The number of hydrogen-bond donors (Lipinski definition) is 2. The minimum atomic E-state index is -0.246. The molecule has 2 N–H and O–H groups in total. The van der Waals surface area contributed by atoms with E-state index < -0.39 is 0 Å². The third-order valence-electron chi connectivity index (χ3n) is 2.79. The summed E-state index contributed by atoms with van der Waals surface area (Å²) < 4.78 is 0. The molecule has 0 aliphatic carbocycles. The lowest BCUT2D eigenvalue weighted by molar-refractivity contribution is 0.0946. The average molecular weight is 266 g/mol. The summed E-state index contributed by atoms with van der Waals surface area (Å²) in [7, 11) is 1.78. The van der Waals surface area contributed by atoms with Crippen molar-refractivity contribution in [3.8, 4) is 6.07 Å². The number of nitrogens with zero attached hydrogens (tertiary/aromatic N) is 2. The summed E-state index contributed by atoms with van der Waals surface area (Å²) in [5.74, 6) is -0.246. The van der Waals surface area contributed by atoms with Gasteiger partial charge >= 0.3 is 0 Å². The molecule has 0 fully saturated rings. The molecule has 1 aromatic heterocycles. The fraction of sp³-hybridized carbons (Fsp3) is 0.133. The maximum Gasteiger partial charge on any atom is 0.270 e. The Morgan fingerprint density at radius 3 is 2.95 bits per heavy atom. The Kier molecular flexibility index (Phi) is 4.30. The molecule has 0 atom stereocenters. The molecular formula is C15H14N4O. The van der Waals surface area contributed by atoms with Gasteiger partial charge in [0.05, 0.1) is 11.6 Å². The Balaban J connectivity index is 2.03. The van der Waals surface area contributed by atoms with E-state index >= 15 is 0 Å². The number of anilines is 1. The van der Waals surface area contributed by atoms with E-state index in [0.717, 1.165) is 11.3 Å². The molecule has 100 valence electrons. The molecule has 0 bridgehead atoms. The van der Waals surface area contributed by atoms with Crippen LogP contribution in [0.4, 0.5) is 5.69 Å². The van der Waals surface area contributed by atoms with Crippen molar-refractivity contribution >= 4 is 11.6 Å². The molecule has 0 aliphatic rings. The molecule has 1 heterocycles. The van der Waals surface area contributed by atoms with Crippen molar-refractivity contribution in [2.75, 3.05) is 12.4 Å². The van der Waals surface area contributed by atoms with E-state index in [0.29, 0.717) is 17.8 Å². The summed E-state index contributed by atoms with van der Waals surface area (Å²) >= 11 is 0. The fourth-order valence-corrected chi connectivity index (χ4v) is 1.73. The molecule has 2 aromatic rings. The number of nitriles is 1. The molecule has 0 spiro atoms. The molecule has 0 saturated heterocycles. The van der Waals surface area contributed by atoms with Gasteiger partial charge in [-0.25, -0.2) is 0 Å². The smallest absolute Gasteiger partial charge is 0.270 e. The number of benzene rings is 1. The Labute approximate surface area is 117 Å². The second kappa shape index (κ2) is 6.34. The Morgan fingerprint density at radius 1 is 1.35 bits per heavy atom. The van der Waals surface area contributed by atoms with Crippen LogP contribution in [0.15, 0.2) is 42.6 Å². The van der Waals surface area contributed by atoms with Gasteiger partial charge in [0.1, 0.15) is 5.69 Å². The SMILES string of the molecule is CNc1ccnc(C(=O)NCc2cccc(C#N)c2)c1. The van der Waals surface area contributed by atoms with Gasteiger partial charge in [0.25, 0.3) is 5.91 Å². The van der Waals surface area contributed by atoms with Gasteiger partial charge in [-0.05, 0) is 29.8 Å². The molecule has 1 aromatic carbocycles. The van der Waals surface area contributed by atoms with Crippen molar-refractivity contribution in [2.45, 2.75) is 6.54 Å². The predicted octanol–water partition coefficient (Wildman–Crippen LogP) is 1.92. The fourth-order valence-electron chi connectivity index (χ4n) is 1.73. The van der Waals surface area contributed by atoms with Crippen LogP contribution in [0.5, 0.6) is 0 Å². The lowest BCUT2D eigenvalue weighted by Gasteiger charge is -2.06. The molecule has 0 aliphatic heterocycles. The highest BCUT2D eigenvalue weighted by Crippen LogP contribution is 2.07. The average Bonchev–Trinajstić information content (AvgIpc) is 2.52. The summed E-state index contributed by atoms with van der Waals surface area (Å²) in [5, 5.41) is 14.6. The molecule has 2 rings (SSSR count). The summed E-state index contributed by atoms with van der Waals surface area (Å²) in [6.45, 7) is 0.361. The second-order valence-corrected chi connectivity index (χ2v) is 4.17. The van der Waals surface area contributed by atoms with Crippen molar-refractivity contribution in [1.82, 2.24) is 10.3 Å². The minimum absolute atomic E-state index is 0.246. The zero-order valence-electron chi connectivity index (χ0n) is 11.1. The van der Waals surface area contributed by atoms with Gasteiger partial charge in [-0.2, -0.15) is 5.26 Å². The maximum absolute atomic E-state index is 12.0. The second-order valence-electron chi connectivity index (χ2n) is 4.17. The third kappa shape index (κ3) is 3.33. The van der Waals surface area contributed by atoms with Crippen molar-refractivity contribution in [3.05, 3.63) is 59.4 Å². The number of carbonyl (C=O) groups is 1. The van der Waals surface area contributed by atoms with E-state index in [9.17, 15) is 4.79 Å². The van der Waals surface area contributed by atoms with E-state index in [4.69, 9.17) is 5.26 Å². The van der Waals surface area contributed by atoms with Crippen LogP contribution >= 0.6 is 0 Å². The first-order valence-corrected chi connectivity index (χ1v) is 6.14. The summed E-state index contributed by atoms with van der Waals surface area (Å²) in [6, 6.07) is 12.7. The lowest BCUT2D eigenvalue weighted by atomic mass is 10.1. The van der Waals surface area contributed by atoms with Crippen LogP contribution in [0.1, 0.15) is 21.6 Å². The molecular weight excluding hydrogens is 252 g/mol. The Hall–Kier alpha value is -2.87. The van der Waals surface area contributed by atoms with Gasteiger partial charge in [0.2, 0.25) is 0 Å². The predicted molar refractivity (Wildman–Crippen MR) is 76.1 cm³/mol. The topological polar surface area (TPSA) is 77.8 Å². The van der Waals surface area contributed by atoms with Crippen molar-refractivity contribution in [2.24, 2.45) is 0 Å². The lowest BCUT2D eigenvalue weighted by Crippen LogP contribution is -2.23. The van der Waals surface area contributed by atoms with Crippen LogP contribution in [-0.2, 0) is 6.54 Å². The molecule has 0 unspecified atom stereocenters. The van der Waals surface area contributed by atoms with Gasteiger partial charge in [-0.15, -0.1) is 0 Å². The number of rotatable bonds is 4. The highest BCUT2D eigenvalue weighted by Gasteiger charge is 2.07. The van der Waals surface area contributed by atoms with Gasteiger partial charge in [-0.1, -0.05) is 12.1 Å². The summed E-state index contributed by atoms with van der Waals surface area (Å²) in [6.07, 6.45) is 1.58. The normalized spacial score (nSPS) is 9.60. The quantitative estimate of drug-likeness (QED) is 0.886. The Bertz CT molecular complexity index is 661. The molecule has 0 saturated carbocycles. The summed E-state index contributed by atoms with van der Waals surface area (Å²) in [4.78, 5) is 16.0. The molecule has 1 amide bonds. The van der Waals surface area contributed by atoms with E-state index in [-0.39, 0.29) is 5.91 Å². The molecule has 5 heteroatoms. The van der Waals surface area contributed by atoms with E-state index in [2.05, 4.69) is 21.7 Å². The molecule has 0 radical (unpaired) electrons. The first-order valence-electron chi connectivity index (χ1n) is 6.14. The highest BCUT2D eigenvalue weighted by molar-refractivity contribution is 5.93. The van der Waals surface area contributed by atoms with Crippen LogP contribution in [-0.4, -0.2) is 17.9 Å². The number of aromatic nitrogens is 1. The number of nitrogens with one attached hydrogen (secondary N) is 2. The standard InChI is InChI=1S/C15H14N4O/c1-17-13-5-6-18-14(8-13)15(20)19-10-12-4-2-3-11(7-12)9-16/h2-8H,10H2,1H3,(H,17,18)(H,19,20). The van der Waals surface area contributed by atoms with Gasteiger partial charge in [0, 0.05) is 25.5 Å².